The van der Waals surface area contributed by atoms with Crippen LogP contribution in [0.25, 0.3) is 10.8 Å². The fourth-order valence-electron chi connectivity index (χ4n) is 4.62. The number of halogens is 1. The van der Waals surface area contributed by atoms with Gasteiger partial charge in [-0.2, -0.15) is 0 Å². The van der Waals surface area contributed by atoms with Crippen LogP contribution in [0, 0.1) is 0 Å². The number of amides is 2. The molecule has 0 N–H and O–H groups in total. The number of fused-ring (bicyclic) bond motifs is 1. The van der Waals surface area contributed by atoms with Crippen LogP contribution in [0.1, 0.15) is 33.6 Å². The highest BCUT2D eigenvalue weighted by Crippen LogP contribution is 2.44. The van der Waals surface area contributed by atoms with Crippen molar-refractivity contribution in [3.63, 3.8) is 0 Å². The standard InChI is InChI=1S/C25H23BrN2O2S/c26-22-9-7-19(8-10-22)24(30)28-15-16-31-25(28)11-13-27(14-12-25)23(29)21-6-5-18-3-1-2-4-20(18)17-21/h1-10,17H,11-16H2. The van der Waals surface area contributed by atoms with E-state index in [9.17, 15) is 9.59 Å². The highest BCUT2D eigenvalue weighted by Gasteiger charge is 2.47. The largest absolute Gasteiger partial charge is 0.338 e. The van der Waals surface area contributed by atoms with Gasteiger partial charge in [0.1, 0.15) is 0 Å². The number of rotatable bonds is 2. The molecule has 2 fully saturated rings. The predicted octanol–water partition coefficient (Wildman–Crippen LogP) is 5.42. The summed E-state index contributed by atoms with van der Waals surface area (Å²) in [5.41, 5.74) is 1.45. The lowest BCUT2D eigenvalue weighted by Gasteiger charge is -2.44. The number of piperidine rings is 1. The summed E-state index contributed by atoms with van der Waals surface area (Å²) in [4.78, 5) is 30.1. The fourth-order valence-corrected chi connectivity index (χ4v) is 6.34. The summed E-state index contributed by atoms with van der Waals surface area (Å²) in [6, 6.07) is 21.6. The van der Waals surface area contributed by atoms with Gasteiger partial charge in [-0.3, -0.25) is 9.59 Å². The summed E-state index contributed by atoms with van der Waals surface area (Å²) in [5, 5.41) is 2.22. The summed E-state index contributed by atoms with van der Waals surface area (Å²) in [6.07, 6.45) is 1.61. The average Bonchev–Trinajstić information content (AvgIpc) is 3.21. The topological polar surface area (TPSA) is 40.6 Å². The molecular weight excluding hydrogens is 472 g/mol. The van der Waals surface area contributed by atoms with Crippen molar-refractivity contribution >= 4 is 50.3 Å². The van der Waals surface area contributed by atoms with E-state index in [1.165, 1.54) is 0 Å². The second-order valence-corrected chi connectivity index (χ2v) is 10.5. The van der Waals surface area contributed by atoms with E-state index in [4.69, 9.17) is 0 Å². The third-order valence-corrected chi connectivity index (χ3v) is 8.42. The van der Waals surface area contributed by atoms with Gasteiger partial charge in [0.2, 0.25) is 0 Å². The lowest BCUT2D eigenvalue weighted by molar-refractivity contribution is 0.0498. The van der Waals surface area contributed by atoms with Gasteiger partial charge in [-0.25, -0.2) is 0 Å². The molecule has 2 aliphatic rings. The number of nitrogens with zero attached hydrogens (tertiary/aromatic N) is 2. The third kappa shape index (κ3) is 3.87. The van der Waals surface area contributed by atoms with Gasteiger partial charge in [-0.15, -0.1) is 11.8 Å². The summed E-state index contributed by atoms with van der Waals surface area (Å²) in [7, 11) is 0. The van der Waals surface area contributed by atoms with Crippen molar-refractivity contribution < 1.29 is 9.59 Å². The zero-order valence-electron chi connectivity index (χ0n) is 17.1. The van der Waals surface area contributed by atoms with E-state index >= 15 is 0 Å². The van der Waals surface area contributed by atoms with Crippen LogP contribution in [-0.4, -0.2) is 51.9 Å². The van der Waals surface area contributed by atoms with E-state index in [1.807, 2.05) is 82.2 Å². The van der Waals surface area contributed by atoms with Crippen molar-refractivity contribution in [2.75, 3.05) is 25.4 Å². The normalized spacial score (nSPS) is 18.0. The SMILES string of the molecule is O=C(c1ccc2ccccc2c1)N1CCC2(CC1)SCCN2C(=O)c1ccc(Br)cc1. The van der Waals surface area contributed by atoms with Crippen molar-refractivity contribution in [3.8, 4) is 0 Å². The molecule has 6 heteroatoms. The monoisotopic (exact) mass is 494 g/mol. The molecule has 0 bridgehead atoms. The minimum Gasteiger partial charge on any atom is -0.338 e. The minimum atomic E-state index is -0.204. The quantitative estimate of drug-likeness (QED) is 0.477. The van der Waals surface area contributed by atoms with Crippen LogP contribution in [0.5, 0.6) is 0 Å². The summed E-state index contributed by atoms with van der Waals surface area (Å²) >= 11 is 5.30. The lowest BCUT2D eigenvalue weighted by atomic mass is 9.99. The Morgan fingerprint density at radius 1 is 0.806 bits per heavy atom. The molecule has 0 radical (unpaired) electrons. The second kappa shape index (κ2) is 8.32. The number of benzene rings is 3. The Hall–Kier alpha value is -2.31. The first-order valence-corrected chi connectivity index (χ1v) is 12.3. The van der Waals surface area contributed by atoms with E-state index in [1.54, 1.807) is 0 Å². The van der Waals surface area contributed by atoms with Crippen LogP contribution in [0.15, 0.2) is 71.2 Å². The smallest absolute Gasteiger partial charge is 0.254 e. The van der Waals surface area contributed by atoms with Gasteiger partial charge in [0.15, 0.2) is 0 Å². The van der Waals surface area contributed by atoms with Crippen LogP contribution in [0.4, 0.5) is 0 Å². The first-order valence-electron chi connectivity index (χ1n) is 10.6. The molecule has 5 rings (SSSR count). The maximum Gasteiger partial charge on any atom is 0.254 e. The van der Waals surface area contributed by atoms with Crippen LogP contribution < -0.4 is 0 Å². The van der Waals surface area contributed by atoms with E-state index in [0.29, 0.717) is 13.1 Å². The van der Waals surface area contributed by atoms with Gasteiger partial charge in [0.25, 0.3) is 11.8 Å². The molecule has 2 amide bonds. The number of hydrogen-bond acceptors (Lipinski definition) is 3. The Morgan fingerprint density at radius 3 is 2.23 bits per heavy atom. The molecule has 0 saturated carbocycles. The van der Waals surface area contributed by atoms with Crippen LogP contribution in [0.3, 0.4) is 0 Å². The Morgan fingerprint density at radius 2 is 1.48 bits per heavy atom. The third-order valence-electron chi connectivity index (χ3n) is 6.34. The molecule has 0 aliphatic carbocycles. The number of carbonyl (C=O) groups excluding carboxylic acids is 2. The Balaban J connectivity index is 1.30. The number of carbonyl (C=O) groups is 2. The first kappa shape index (κ1) is 20.6. The van der Waals surface area contributed by atoms with E-state index < -0.39 is 0 Å². The number of thioether (sulfide) groups is 1. The molecule has 0 unspecified atom stereocenters. The zero-order chi connectivity index (χ0) is 21.4. The molecule has 4 nitrogen and oxygen atoms in total. The molecule has 2 aliphatic heterocycles. The van der Waals surface area contributed by atoms with Crippen LogP contribution >= 0.6 is 27.7 Å². The molecule has 3 aromatic carbocycles. The van der Waals surface area contributed by atoms with Gasteiger partial charge >= 0.3 is 0 Å². The van der Waals surface area contributed by atoms with Gasteiger partial charge in [-0.05, 0) is 60.0 Å². The first-order chi connectivity index (χ1) is 15.1. The molecule has 2 heterocycles. The molecule has 3 aromatic rings. The van der Waals surface area contributed by atoms with Crippen LogP contribution in [0.2, 0.25) is 0 Å². The molecule has 31 heavy (non-hydrogen) atoms. The van der Waals surface area contributed by atoms with E-state index in [-0.39, 0.29) is 16.7 Å². The predicted molar refractivity (Wildman–Crippen MR) is 129 cm³/mol. The van der Waals surface area contributed by atoms with Gasteiger partial charge in [0, 0.05) is 41.0 Å². The number of hydrogen-bond donors (Lipinski definition) is 0. The maximum absolute atomic E-state index is 13.2. The van der Waals surface area contributed by atoms with E-state index in [2.05, 4.69) is 22.0 Å². The Kier molecular flexibility index (Phi) is 5.52. The maximum atomic E-state index is 13.2. The highest BCUT2D eigenvalue weighted by atomic mass is 79.9. The van der Waals surface area contributed by atoms with Gasteiger partial charge < -0.3 is 9.80 Å². The van der Waals surface area contributed by atoms with Crippen LogP contribution in [-0.2, 0) is 0 Å². The van der Waals surface area contributed by atoms with Crippen molar-refractivity contribution in [1.29, 1.82) is 0 Å². The Bertz CT molecular complexity index is 1140. The molecule has 0 atom stereocenters. The summed E-state index contributed by atoms with van der Waals surface area (Å²) in [5.74, 6) is 1.11. The van der Waals surface area contributed by atoms with Crippen molar-refractivity contribution in [1.82, 2.24) is 9.80 Å². The number of likely N-dealkylation sites (tertiary alicyclic amines) is 1. The highest BCUT2D eigenvalue weighted by molar-refractivity contribution is 9.10. The van der Waals surface area contributed by atoms with Crippen molar-refractivity contribution in [3.05, 3.63) is 82.3 Å². The summed E-state index contributed by atoms with van der Waals surface area (Å²) in [6.45, 7) is 2.10. The van der Waals surface area contributed by atoms with Crippen molar-refractivity contribution in [2.45, 2.75) is 17.7 Å². The molecule has 2 saturated heterocycles. The van der Waals surface area contributed by atoms with Gasteiger partial charge in [-0.1, -0.05) is 46.3 Å². The molecule has 1 spiro atoms. The van der Waals surface area contributed by atoms with E-state index in [0.717, 1.165) is 51.5 Å². The second-order valence-electron chi connectivity index (χ2n) is 8.11. The fraction of sp³-hybridized carbons (Fsp3) is 0.280. The lowest BCUT2D eigenvalue weighted by Crippen LogP contribution is -2.53. The average molecular weight is 495 g/mol. The minimum absolute atomic E-state index is 0.0781. The van der Waals surface area contributed by atoms with Gasteiger partial charge in [0.05, 0.1) is 4.87 Å². The zero-order valence-corrected chi connectivity index (χ0v) is 19.5. The molecular formula is C25H23BrN2O2S. The Labute approximate surface area is 194 Å². The summed E-state index contributed by atoms with van der Waals surface area (Å²) < 4.78 is 0.968. The van der Waals surface area contributed by atoms with Crippen molar-refractivity contribution in [2.24, 2.45) is 0 Å². The molecule has 158 valence electrons. The molecule has 0 aromatic heterocycles.